The lowest BCUT2D eigenvalue weighted by Gasteiger charge is -2.19. The van der Waals surface area contributed by atoms with Crippen LogP contribution in [0.25, 0.3) is 11.1 Å². The number of carbonyl (C=O) groups is 1. The molecule has 0 N–H and O–H groups in total. The molecular weight excluding hydrogens is 445 g/mol. The van der Waals surface area contributed by atoms with Crippen molar-refractivity contribution in [1.29, 1.82) is 0 Å². The molecule has 1 heterocycles. The Bertz CT molecular complexity index is 1180. The second-order valence-corrected chi connectivity index (χ2v) is 7.59. The number of aromatic nitrogens is 3. The smallest absolute Gasteiger partial charge is 0.256 e. The van der Waals surface area contributed by atoms with Crippen LogP contribution in [0, 0.1) is 0 Å². The molecule has 0 spiro atoms. The van der Waals surface area contributed by atoms with Crippen molar-refractivity contribution < 1.29 is 9.53 Å². The topological polar surface area (TPSA) is 57.0 Å². The van der Waals surface area contributed by atoms with Gasteiger partial charge in [-0.15, -0.1) is 0 Å². The fourth-order valence-electron chi connectivity index (χ4n) is 2.94. The second-order valence-electron chi connectivity index (χ2n) is 6.34. The van der Waals surface area contributed by atoms with Crippen molar-refractivity contribution in [3.8, 4) is 16.9 Å². The van der Waals surface area contributed by atoms with Gasteiger partial charge in [0.1, 0.15) is 18.4 Å². The fourth-order valence-corrected chi connectivity index (χ4v) is 3.72. The number of rotatable bonds is 6. The lowest BCUT2D eigenvalue weighted by atomic mass is 10.1. The summed E-state index contributed by atoms with van der Waals surface area (Å²) in [6, 6.07) is 19.6. The summed E-state index contributed by atoms with van der Waals surface area (Å²) >= 11 is 18.6. The molecule has 0 aliphatic heterocycles. The van der Waals surface area contributed by atoms with E-state index in [-0.39, 0.29) is 10.6 Å². The average Bonchev–Trinajstić information content (AvgIpc) is 3.27. The Morgan fingerprint density at radius 3 is 2.40 bits per heavy atom. The first-order chi connectivity index (χ1) is 14.5. The summed E-state index contributed by atoms with van der Waals surface area (Å²) in [4.78, 5) is 17.1. The van der Waals surface area contributed by atoms with Gasteiger partial charge in [0.15, 0.2) is 0 Å². The van der Waals surface area contributed by atoms with Crippen LogP contribution in [0.4, 0.5) is 0 Å². The SMILES string of the molecule is O=C(c1ccc(Cl)cc1Cl)C(Oc1ccc(-c2ccccc2)c(Cl)c1)n1cncn1. The van der Waals surface area contributed by atoms with Crippen LogP contribution in [-0.2, 0) is 0 Å². The molecule has 0 aliphatic carbocycles. The van der Waals surface area contributed by atoms with E-state index < -0.39 is 12.0 Å². The number of ketones is 1. The highest BCUT2D eigenvalue weighted by Crippen LogP contribution is 2.33. The molecular formula is C22H14Cl3N3O2. The number of carbonyl (C=O) groups excluding carboxylic acids is 1. The Hall–Kier alpha value is -2.86. The molecule has 1 atom stereocenters. The molecule has 0 saturated carbocycles. The van der Waals surface area contributed by atoms with E-state index in [2.05, 4.69) is 10.1 Å². The summed E-state index contributed by atoms with van der Waals surface area (Å²) in [5.41, 5.74) is 2.09. The van der Waals surface area contributed by atoms with Crippen LogP contribution in [0.2, 0.25) is 15.1 Å². The molecule has 0 radical (unpaired) electrons. The molecule has 4 rings (SSSR count). The van der Waals surface area contributed by atoms with E-state index in [0.717, 1.165) is 11.1 Å². The maximum Gasteiger partial charge on any atom is 0.256 e. The monoisotopic (exact) mass is 457 g/mol. The van der Waals surface area contributed by atoms with Gasteiger partial charge in [-0.05, 0) is 42.0 Å². The second kappa shape index (κ2) is 8.88. The number of benzene rings is 3. The third-order valence-corrected chi connectivity index (χ3v) is 5.23. The third kappa shape index (κ3) is 4.33. The maximum atomic E-state index is 13.2. The average molecular weight is 459 g/mol. The van der Waals surface area contributed by atoms with Crippen LogP contribution >= 0.6 is 34.8 Å². The van der Waals surface area contributed by atoms with Crippen LogP contribution in [-0.4, -0.2) is 20.5 Å². The Kier molecular flexibility index (Phi) is 6.04. The number of halogens is 3. The molecule has 30 heavy (non-hydrogen) atoms. The summed E-state index contributed by atoms with van der Waals surface area (Å²) in [6.45, 7) is 0. The fraction of sp³-hybridized carbons (Fsp3) is 0.0455. The molecule has 3 aromatic carbocycles. The van der Waals surface area contributed by atoms with E-state index in [0.29, 0.717) is 15.8 Å². The van der Waals surface area contributed by atoms with E-state index in [1.165, 1.54) is 23.4 Å². The first-order valence-electron chi connectivity index (χ1n) is 8.88. The van der Waals surface area contributed by atoms with Crippen LogP contribution in [0.3, 0.4) is 0 Å². The van der Waals surface area contributed by atoms with Gasteiger partial charge >= 0.3 is 0 Å². The van der Waals surface area contributed by atoms with E-state index in [1.54, 1.807) is 24.3 Å². The van der Waals surface area contributed by atoms with Gasteiger partial charge in [-0.1, -0.05) is 65.1 Å². The molecule has 4 aromatic rings. The highest BCUT2D eigenvalue weighted by Gasteiger charge is 2.27. The van der Waals surface area contributed by atoms with Gasteiger partial charge in [-0.25, -0.2) is 9.67 Å². The zero-order valence-electron chi connectivity index (χ0n) is 15.4. The number of hydrogen-bond donors (Lipinski definition) is 0. The van der Waals surface area contributed by atoms with Gasteiger partial charge in [-0.2, -0.15) is 5.10 Å². The van der Waals surface area contributed by atoms with Crippen LogP contribution in [0.5, 0.6) is 5.75 Å². The zero-order valence-corrected chi connectivity index (χ0v) is 17.6. The molecule has 0 bridgehead atoms. The minimum atomic E-state index is -1.12. The molecule has 0 aliphatic rings. The summed E-state index contributed by atoms with van der Waals surface area (Å²) in [6.07, 6.45) is 1.59. The van der Waals surface area contributed by atoms with E-state index >= 15 is 0 Å². The minimum Gasteiger partial charge on any atom is -0.461 e. The van der Waals surface area contributed by atoms with E-state index in [9.17, 15) is 4.79 Å². The molecule has 0 saturated heterocycles. The summed E-state index contributed by atoms with van der Waals surface area (Å²) in [5.74, 6) is 0.00374. The zero-order chi connectivity index (χ0) is 21.1. The highest BCUT2D eigenvalue weighted by molar-refractivity contribution is 6.37. The molecule has 1 unspecified atom stereocenters. The van der Waals surface area contributed by atoms with Crippen molar-refractivity contribution in [2.24, 2.45) is 0 Å². The predicted octanol–water partition coefficient (Wildman–Crippen LogP) is 6.37. The van der Waals surface area contributed by atoms with Crippen molar-refractivity contribution in [1.82, 2.24) is 14.8 Å². The normalized spacial score (nSPS) is 11.8. The number of nitrogens with zero attached hydrogens (tertiary/aromatic N) is 3. The lowest BCUT2D eigenvalue weighted by Crippen LogP contribution is -2.26. The van der Waals surface area contributed by atoms with Crippen molar-refractivity contribution in [2.45, 2.75) is 6.23 Å². The van der Waals surface area contributed by atoms with Crippen LogP contribution < -0.4 is 4.74 Å². The Labute approximate surface area is 187 Å². The van der Waals surface area contributed by atoms with Crippen molar-refractivity contribution in [2.75, 3.05) is 0 Å². The number of Topliss-reactive ketones (excluding diaryl/α,β-unsaturated/α-hetero) is 1. The third-order valence-electron chi connectivity index (χ3n) is 4.37. The minimum absolute atomic E-state index is 0.221. The van der Waals surface area contributed by atoms with E-state index in [4.69, 9.17) is 39.5 Å². The Morgan fingerprint density at radius 1 is 0.933 bits per heavy atom. The van der Waals surface area contributed by atoms with Crippen LogP contribution in [0.1, 0.15) is 16.6 Å². The first kappa shape index (κ1) is 20.4. The molecule has 150 valence electrons. The van der Waals surface area contributed by atoms with Gasteiger partial charge in [0, 0.05) is 16.1 Å². The predicted molar refractivity (Wildman–Crippen MR) is 117 cm³/mol. The molecule has 1 aromatic heterocycles. The highest BCUT2D eigenvalue weighted by atomic mass is 35.5. The number of ether oxygens (including phenoxy) is 1. The van der Waals surface area contributed by atoms with Gasteiger partial charge < -0.3 is 4.74 Å². The Balaban J connectivity index is 1.66. The van der Waals surface area contributed by atoms with Crippen molar-refractivity contribution in [3.05, 3.63) is 100 Å². The number of hydrogen-bond acceptors (Lipinski definition) is 4. The first-order valence-corrected chi connectivity index (χ1v) is 10.0. The lowest BCUT2D eigenvalue weighted by molar-refractivity contribution is 0.0619. The van der Waals surface area contributed by atoms with Gasteiger partial charge in [0.2, 0.25) is 5.78 Å². The largest absolute Gasteiger partial charge is 0.461 e. The quantitative estimate of drug-likeness (QED) is 0.315. The summed E-state index contributed by atoms with van der Waals surface area (Å²) in [7, 11) is 0. The van der Waals surface area contributed by atoms with Crippen LogP contribution in [0.15, 0.2) is 79.4 Å². The maximum absolute atomic E-state index is 13.2. The van der Waals surface area contributed by atoms with E-state index in [1.807, 2.05) is 36.4 Å². The summed E-state index contributed by atoms with van der Waals surface area (Å²) < 4.78 is 7.28. The Morgan fingerprint density at radius 2 is 1.73 bits per heavy atom. The summed E-state index contributed by atoms with van der Waals surface area (Å²) in [5, 5.41) is 5.19. The molecule has 5 nitrogen and oxygen atoms in total. The molecule has 0 amide bonds. The van der Waals surface area contributed by atoms with Crippen molar-refractivity contribution >= 4 is 40.6 Å². The molecule has 0 fully saturated rings. The van der Waals surface area contributed by atoms with Gasteiger partial charge in [-0.3, -0.25) is 4.79 Å². The van der Waals surface area contributed by atoms with Gasteiger partial charge in [0.05, 0.1) is 10.0 Å². The van der Waals surface area contributed by atoms with Gasteiger partial charge in [0.25, 0.3) is 6.23 Å². The standard InChI is InChI=1S/C22H14Cl3N3O2/c23-15-6-8-18(19(24)10-15)21(29)22(28-13-26-12-27-28)30-16-7-9-17(20(25)11-16)14-4-2-1-3-5-14/h1-13,22H. The molecule has 8 heteroatoms. The van der Waals surface area contributed by atoms with Crippen molar-refractivity contribution in [3.63, 3.8) is 0 Å².